The van der Waals surface area contributed by atoms with Crippen molar-refractivity contribution < 1.29 is 9.59 Å². The summed E-state index contributed by atoms with van der Waals surface area (Å²) in [5.74, 6) is -0.729. The molecular formula is C16H21ClN2O2. The molecule has 0 heterocycles. The van der Waals surface area contributed by atoms with Crippen LogP contribution in [0.2, 0.25) is 5.02 Å². The van der Waals surface area contributed by atoms with Gasteiger partial charge in [0.25, 0.3) is 0 Å². The lowest BCUT2D eigenvalue weighted by atomic mass is 9.86. The second-order valence-electron chi connectivity index (χ2n) is 5.62. The van der Waals surface area contributed by atoms with Crippen molar-refractivity contribution in [1.29, 1.82) is 0 Å². The predicted molar refractivity (Wildman–Crippen MR) is 82.9 cm³/mol. The van der Waals surface area contributed by atoms with Crippen molar-refractivity contribution >= 4 is 23.4 Å². The van der Waals surface area contributed by atoms with Crippen molar-refractivity contribution in [2.75, 3.05) is 0 Å². The van der Waals surface area contributed by atoms with Gasteiger partial charge in [-0.25, -0.2) is 0 Å². The van der Waals surface area contributed by atoms with E-state index in [0.717, 1.165) is 24.8 Å². The van der Waals surface area contributed by atoms with E-state index in [1.807, 2.05) is 18.2 Å². The molecule has 0 unspecified atom stereocenters. The summed E-state index contributed by atoms with van der Waals surface area (Å²) in [6, 6.07) is 7.36. The molecule has 2 amide bonds. The van der Waals surface area contributed by atoms with Crippen LogP contribution in [0.5, 0.6) is 0 Å². The van der Waals surface area contributed by atoms with Crippen molar-refractivity contribution in [2.45, 2.75) is 45.2 Å². The number of halogens is 1. The van der Waals surface area contributed by atoms with E-state index in [1.54, 1.807) is 6.07 Å². The predicted octanol–water partition coefficient (Wildman–Crippen LogP) is 2.65. The van der Waals surface area contributed by atoms with Gasteiger partial charge in [-0.1, -0.05) is 49.6 Å². The maximum Gasteiger partial charge on any atom is 0.309 e. The third kappa shape index (κ3) is 4.46. The van der Waals surface area contributed by atoms with Crippen molar-refractivity contribution in [3.63, 3.8) is 0 Å². The van der Waals surface area contributed by atoms with Crippen LogP contribution in [-0.2, 0) is 16.1 Å². The van der Waals surface area contributed by atoms with E-state index in [-0.39, 0.29) is 12.6 Å². The Kier molecular flexibility index (Phi) is 5.62. The molecule has 0 spiro atoms. The number of carbonyl (C=O) groups excluding carboxylic acids is 2. The minimum Gasteiger partial charge on any atom is -0.345 e. The van der Waals surface area contributed by atoms with Gasteiger partial charge in [0, 0.05) is 17.6 Å². The maximum atomic E-state index is 11.9. The van der Waals surface area contributed by atoms with Crippen LogP contribution in [0.4, 0.5) is 0 Å². The van der Waals surface area contributed by atoms with Gasteiger partial charge in [0.1, 0.15) is 0 Å². The number of carbonyl (C=O) groups is 2. The average Bonchev–Trinajstić information content (AvgIpc) is 2.48. The van der Waals surface area contributed by atoms with Crippen LogP contribution < -0.4 is 10.6 Å². The average molecular weight is 309 g/mol. The number of hydrogen-bond donors (Lipinski definition) is 2. The van der Waals surface area contributed by atoms with Gasteiger partial charge >= 0.3 is 11.8 Å². The molecule has 1 aliphatic rings. The molecule has 0 radical (unpaired) electrons. The standard InChI is InChI=1S/C16H21ClN2O2/c1-11-6-2-5-9-14(11)19-16(21)15(20)18-10-12-7-3-4-8-13(12)17/h3-4,7-8,11,14H,2,5-6,9-10H2,1H3,(H,18,20)(H,19,21)/t11-,14+/m0/s1. The minimum absolute atomic E-state index is 0.109. The Morgan fingerprint density at radius 2 is 1.90 bits per heavy atom. The highest BCUT2D eigenvalue weighted by Crippen LogP contribution is 2.23. The Hall–Kier alpha value is -1.55. The molecule has 1 aromatic rings. The molecule has 1 fully saturated rings. The van der Waals surface area contributed by atoms with Crippen LogP contribution >= 0.6 is 11.6 Å². The van der Waals surface area contributed by atoms with Gasteiger partial charge in [-0.05, 0) is 30.4 Å². The summed E-state index contributed by atoms with van der Waals surface area (Å²) in [5.41, 5.74) is 0.798. The van der Waals surface area contributed by atoms with E-state index in [9.17, 15) is 9.59 Å². The molecule has 5 heteroatoms. The zero-order valence-corrected chi connectivity index (χ0v) is 13.0. The molecule has 2 rings (SSSR count). The lowest BCUT2D eigenvalue weighted by Crippen LogP contribution is -2.47. The molecule has 0 saturated heterocycles. The number of amides is 2. The van der Waals surface area contributed by atoms with Gasteiger partial charge in [-0.15, -0.1) is 0 Å². The number of nitrogens with one attached hydrogen (secondary N) is 2. The summed E-state index contributed by atoms with van der Waals surface area (Å²) in [6.45, 7) is 2.37. The topological polar surface area (TPSA) is 58.2 Å². The Morgan fingerprint density at radius 3 is 2.62 bits per heavy atom. The summed E-state index contributed by atoms with van der Waals surface area (Å²) in [5, 5.41) is 6.03. The van der Waals surface area contributed by atoms with Crippen LogP contribution in [0.1, 0.15) is 38.2 Å². The van der Waals surface area contributed by atoms with Crippen LogP contribution in [-0.4, -0.2) is 17.9 Å². The van der Waals surface area contributed by atoms with Crippen molar-refractivity contribution in [2.24, 2.45) is 5.92 Å². The quantitative estimate of drug-likeness (QED) is 0.843. The first-order chi connectivity index (χ1) is 10.1. The third-order valence-electron chi connectivity index (χ3n) is 4.03. The molecular weight excluding hydrogens is 288 g/mol. The molecule has 21 heavy (non-hydrogen) atoms. The Morgan fingerprint density at radius 1 is 1.19 bits per heavy atom. The first-order valence-corrected chi connectivity index (χ1v) is 7.78. The van der Waals surface area contributed by atoms with E-state index in [1.165, 1.54) is 6.42 Å². The fourth-order valence-corrected chi connectivity index (χ4v) is 2.86. The molecule has 2 N–H and O–H groups in total. The van der Waals surface area contributed by atoms with E-state index in [0.29, 0.717) is 10.9 Å². The fraction of sp³-hybridized carbons (Fsp3) is 0.500. The van der Waals surface area contributed by atoms with Gasteiger partial charge in [-0.3, -0.25) is 9.59 Å². The summed E-state index contributed by atoms with van der Waals surface area (Å²) >= 11 is 6.01. The molecule has 2 atom stereocenters. The van der Waals surface area contributed by atoms with E-state index in [2.05, 4.69) is 17.6 Å². The Bertz CT molecular complexity index is 519. The summed E-state index contributed by atoms with van der Waals surface area (Å²) in [6.07, 6.45) is 4.36. The minimum atomic E-state index is -0.604. The third-order valence-corrected chi connectivity index (χ3v) is 4.40. The monoisotopic (exact) mass is 308 g/mol. The maximum absolute atomic E-state index is 11.9. The summed E-state index contributed by atoms with van der Waals surface area (Å²) < 4.78 is 0. The Labute approximate surface area is 130 Å². The van der Waals surface area contributed by atoms with Crippen molar-refractivity contribution in [3.8, 4) is 0 Å². The van der Waals surface area contributed by atoms with Gasteiger partial charge in [0.05, 0.1) is 0 Å². The molecule has 4 nitrogen and oxygen atoms in total. The number of hydrogen-bond acceptors (Lipinski definition) is 2. The molecule has 1 aliphatic carbocycles. The highest BCUT2D eigenvalue weighted by Gasteiger charge is 2.25. The van der Waals surface area contributed by atoms with E-state index < -0.39 is 11.8 Å². The lowest BCUT2D eigenvalue weighted by molar-refractivity contribution is -0.140. The number of benzene rings is 1. The Balaban J connectivity index is 1.82. The zero-order chi connectivity index (χ0) is 15.2. The van der Waals surface area contributed by atoms with Crippen molar-refractivity contribution in [1.82, 2.24) is 10.6 Å². The molecule has 1 saturated carbocycles. The van der Waals surface area contributed by atoms with Crippen LogP contribution in [0.3, 0.4) is 0 Å². The molecule has 1 aromatic carbocycles. The van der Waals surface area contributed by atoms with Crippen LogP contribution in [0.15, 0.2) is 24.3 Å². The van der Waals surface area contributed by atoms with Crippen LogP contribution in [0, 0.1) is 5.92 Å². The zero-order valence-electron chi connectivity index (χ0n) is 12.2. The normalized spacial score (nSPS) is 21.6. The highest BCUT2D eigenvalue weighted by molar-refractivity contribution is 6.35. The summed E-state index contributed by atoms with van der Waals surface area (Å²) in [7, 11) is 0. The van der Waals surface area contributed by atoms with Gasteiger partial charge in [-0.2, -0.15) is 0 Å². The van der Waals surface area contributed by atoms with Gasteiger partial charge in [0.15, 0.2) is 0 Å². The van der Waals surface area contributed by atoms with Gasteiger partial charge < -0.3 is 10.6 Å². The van der Waals surface area contributed by atoms with Gasteiger partial charge in [0.2, 0.25) is 0 Å². The second kappa shape index (κ2) is 7.46. The van der Waals surface area contributed by atoms with Crippen LogP contribution in [0.25, 0.3) is 0 Å². The SMILES string of the molecule is C[C@H]1CCCC[C@H]1NC(=O)C(=O)NCc1ccccc1Cl. The molecule has 0 aromatic heterocycles. The molecule has 0 bridgehead atoms. The first-order valence-electron chi connectivity index (χ1n) is 7.40. The second-order valence-corrected chi connectivity index (χ2v) is 6.02. The summed E-state index contributed by atoms with van der Waals surface area (Å²) in [4.78, 5) is 23.7. The van der Waals surface area contributed by atoms with E-state index in [4.69, 9.17) is 11.6 Å². The fourth-order valence-electron chi connectivity index (χ4n) is 2.66. The first kappa shape index (κ1) is 15.8. The largest absolute Gasteiger partial charge is 0.345 e. The lowest BCUT2D eigenvalue weighted by Gasteiger charge is -2.29. The van der Waals surface area contributed by atoms with E-state index >= 15 is 0 Å². The number of rotatable bonds is 3. The van der Waals surface area contributed by atoms with Crippen molar-refractivity contribution in [3.05, 3.63) is 34.9 Å². The highest BCUT2D eigenvalue weighted by atomic mass is 35.5. The smallest absolute Gasteiger partial charge is 0.309 e. The molecule has 0 aliphatic heterocycles. The molecule has 114 valence electrons.